The molecule has 7 heteroatoms. The summed E-state index contributed by atoms with van der Waals surface area (Å²) in [7, 11) is -4.34. The van der Waals surface area contributed by atoms with Gasteiger partial charge in [-0.2, -0.15) is 13.2 Å². The molecule has 0 aliphatic carbocycles. The van der Waals surface area contributed by atoms with Crippen LogP contribution >= 0.6 is 0 Å². The van der Waals surface area contributed by atoms with Crippen molar-refractivity contribution in [2.24, 2.45) is 0 Å². The first-order chi connectivity index (χ1) is 10.2. The van der Waals surface area contributed by atoms with Crippen molar-refractivity contribution >= 4 is 21.8 Å². The minimum absolute atomic E-state index is 0.169. The highest BCUT2D eigenvalue weighted by Crippen LogP contribution is 2.34. The van der Waals surface area contributed by atoms with Gasteiger partial charge in [-0.3, -0.25) is 4.72 Å². The normalized spacial score (nSPS) is 12.0. The van der Waals surface area contributed by atoms with Crippen LogP contribution in [-0.2, 0) is 16.2 Å². The summed E-state index contributed by atoms with van der Waals surface area (Å²) in [4.78, 5) is -0.810. The fourth-order valence-corrected chi connectivity index (χ4v) is 3.12. The Morgan fingerprint density at radius 3 is 2.14 bits per heavy atom. The maximum Gasteiger partial charge on any atom is 0.417 e. The summed E-state index contributed by atoms with van der Waals surface area (Å²) >= 11 is 0. The van der Waals surface area contributed by atoms with E-state index < -0.39 is 26.7 Å². The molecule has 116 valence electrons. The van der Waals surface area contributed by atoms with Gasteiger partial charge in [-0.1, -0.05) is 36.9 Å². The number of nitrogens with one attached hydrogen (secondary N) is 1. The van der Waals surface area contributed by atoms with E-state index in [4.69, 9.17) is 0 Å². The molecule has 0 spiro atoms. The molecule has 0 saturated heterocycles. The molecule has 0 atom stereocenters. The van der Waals surface area contributed by atoms with Crippen molar-refractivity contribution < 1.29 is 21.6 Å². The fraction of sp³-hybridized carbons (Fsp3) is 0.0667. The lowest BCUT2D eigenvalue weighted by atomic mass is 10.2. The van der Waals surface area contributed by atoms with Crippen molar-refractivity contribution in [2.45, 2.75) is 11.1 Å². The predicted octanol–water partition coefficient (Wildman–Crippen LogP) is 4.15. The third kappa shape index (κ3) is 3.48. The van der Waals surface area contributed by atoms with Crippen LogP contribution in [0.4, 0.5) is 18.9 Å². The van der Waals surface area contributed by atoms with Crippen LogP contribution < -0.4 is 4.72 Å². The molecule has 0 unspecified atom stereocenters. The molecule has 0 amide bonds. The van der Waals surface area contributed by atoms with Crippen LogP contribution in [0.25, 0.3) is 6.08 Å². The highest BCUT2D eigenvalue weighted by atomic mass is 32.2. The standard InChI is InChI=1S/C15H12F3NO2S/c1-2-11-7-9-12(10-8-11)19-22(20,21)14-6-4-3-5-13(14)15(16,17)18/h2-10,19H,1H2. The van der Waals surface area contributed by atoms with E-state index in [2.05, 4.69) is 11.3 Å². The lowest BCUT2D eigenvalue weighted by Gasteiger charge is -2.14. The zero-order chi connectivity index (χ0) is 16.4. The second kappa shape index (κ2) is 5.84. The molecule has 0 radical (unpaired) electrons. The molecule has 2 rings (SSSR count). The third-order valence-electron chi connectivity index (χ3n) is 2.88. The number of anilines is 1. The number of alkyl halides is 3. The summed E-state index contributed by atoms with van der Waals surface area (Å²) < 4.78 is 65.3. The maximum absolute atomic E-state index is 12.9. The molecule has 0 fully saturated rings. The molecular weight excluding hydrogens is 315 g/mol. The van der Waals surface area contributed by atoms with Crippen molar-refractivity contribution in [3.63, 3.8) is 0 Å². The lowest BCUT2D eigenvalue weighted by molar-refractivity contribution is -0.139. The van der Waals surface area contributed by atoms with Crippen LogP contribution in [0.5, 0.6) is 0 Å². The Labute approximate surface area is 126 Å². The van der Waals surface area contributed by atoms with Gasteiger partial charge in [-0.05, 0) is 29.8 Å². The topological polar surface area (TPSA) is 46.2 Å². The second-order valence-electron chi connectivity index (χ2n) is 4.43. The second-order valence-corrected chi connectivity index (χ2v) is 6.08. The zero-order valence-corrected chi connectivity index (χ0v) is 12.1. The Morgan fingerprint density at radius 1 is 1.00 bits per heavy atom. The quantitative estimate of drug-likeness (QED) is 0.917. The number of benzene rings is 2. The molecule has 0 aliphatic heterocycles. The molecule has 2 aromatic rings. The van der Waals surface area contributed by atoms with E-state index in [1.165, 1.54) is 18.2 Å². The van der Waals surface area contributed by atoms with Gasteiger partial charge < -0.3 is 0 Å². The van der Waals surface area contributed by atoms with Crippen LogP contribution in [0.15, 0.2) is 60.0 Å². The van der Waals surface area contributed by atoms with E-state index in [0.717, 1.165) is 23.8 Å². The van der Waals surface area contributed by atoms with Gasteiger partial charge in [0, 0.05) is 5.69 Å². The summed E-state index contributed by atoms with van der Waals surface area (Å²) in [5.74, 6) is 0. The van der Waals surface area contributed by atoms with Gasteiger partial charge in [0.1, 0.15) is 0 Å². The van der Waals surface area contributed by atoms with Gasteiger partial charge >= 0.3 is 6.18 Å². The molecule has 0 saturated carbocycles. The van der Waals surface area contributed by atoms with Crippen molar-refractivity contribution in [1.29, 1.82) is 0 Å². The Bertz CT molecular complexity index is 781. The largest absolute Gasteiger partial charge is 0.417 e. The highest BCUT2D eigenvalue weighted by Gasteiger charge is 2.36. The SMILES string of the molecule is C=Cc1ccc(NS(=O)(=O)c2ccccc2C(F)(F)F)cc1. The van der Waals surface area contributed by atoms with E-state index in [1.54, 1.807) is 18.2 Å². The van der Waals surface area contributed by atoms with Crippen LogP contribution in [0.1, 0.15) is 11.1 Å². The third-order valence-corrected chi connectivity index (χ3v) is 4.32. The summed E-state index contributed by atoms with van der Waals surface area (Å²) in [6, 6.07) is 10.1. The Hall–Kier alpha value is -2.28. The van der Waals surface area contributed by atoms with Gasteiger partial charge in [0.25, 0.3) is 10.0 Å². The number of hydrogen-bond donors (Lipinski definition) is 1. The van der Waals surface area contributed by atoms with Crippen LogP contribution in [0.2, 0.25) is 0 Å². The smallest absolute Gasteiger partial charge is 0.280 e. The van der Waals surface area contributed by atoms with Crippen molar-refractivity contribution in [1.82, 2.24) is 0 Å². The fourth-order valence-electron chi connectivity index (χ4n) is 1.83. The predicted molar refractivity (Wildman–Crippen MR) is 78.8 cm³/mol. The average Bonchev–Trinajstić information content (AvgIpc) is 2.47. The first-order valence-corrected chi connectivity index (χ1v) is 7.64. The molecule has 2 aromatic carbocycles. The van der Waals surface area contributed by atoms with Gasteiger partial charge in [0.05, 0.1) is 10.5 Å². The maximum atomic E-state index is 12.9. The molecule has 0 bridgehead atoms. The first kappa shape index (κ1) is 16.1. The van der Waals surface area contributed by atoms with Gasteiger partial charge in [0.15, 0.2) is 0 Å². The van der Waals surface area contributed by atoms with E-state index in [1.807, 2.05) is 0 Å². The lowest BCUT2D eigenvalue weighted by Crippen LogP contribution is -2.18. The van der Waals surface area contributed by atoms with Crippen molar-refractivity contribution in [3.05, 3.63) is 66.2 Å². The molecular formula is C15H12F3NO2S. The van der Waals surface area contributed by atoms with Gasteiger partial charge in [0.2, 0.25) is 0 Å². The Morgan fingerprint density at radius 2 is 1.59 bits per heavy atom. The molecule has 0 aromatic heterocycles. The molecule has 3 nitrogen and oxygen atoms in total. The van der Waals surface area contributed by atoms with Crippen molar-refractivity contribution in [3.8, 4) is 0 Å². The summed E-state index contributed by atoms with van der Waals surface area (Å²) in [5, 5.41) is 0. The van der Waals surface area contributed by atoms with E-state index >= 15 is 0 Å². The van der Waals surface area contributed by atoms with Gasteiger partial charge in [-0.15, -0.1) is 0 Å². The average molecular weight is 327 g/mol. The zero-order valence-electron chi connectivity index (χ0n) is 11.3. The highest BCUT2D eigenvalue weighted by molar-refractivity contribution is 7.92. The van der Waals surface area contributed by atoms with Crippen LogP contribution in [0, 0.1) is 0 Å². The van der Waals surface area contributed by atoms with E-state index in [0.29, 0.717) is 0 Å². The number of rotatable bonds is 4. The minimum Gasteiger partial charge on any atom is -0.280 e. The van der Waals surface area contributed by atoms with E-state index in [9.17, 15) is 21.6 Å². The monoisotopic (exact) mass is 327 g/mol. The first-order valence-electron chi connectivity index (χ1n) is 6.15. The van der Waals surface area contributed by atoms with Crippen molar-refractivity contribution in [2.75, 3.05) is 4.72 Å². The summed E-state index contributed by atoms with van der Waals surface area (Å²) in [6.45, 7) is 3.56. The summed E-state index contributed by atoms with van der Waals surface area (Å²) in [6.07, 6.45) is -3.19. The minimum atomic E-state index is -4.75. The summed E-state index contributed by atoms with van der Waals surface area (Å²) in [5.41, 5.74) is -0.272. The van der Waals surface area contributed by atoms with Gasteiger partial charge in [-0.25, -0.2) is 8.42 Å². The Kier molecular flexibility index (Phi) is 4.27. The van der Waals surface area contributed by atoms with Crippen LogP contribution in [-0.4, -0.2) is 8.42 Å². The number of halogens is 3. The molecule has 0 aliphatic rings. The Balaban J connectivity index is 2.40. The molecule has 0 heterocycles. The van der Waals surface area contributed by atoms with E-state index in [-0.39, 0.29) is 5.69 Å². The van der Waals surface area contributed by atoms with Crippen LogP contribution in [0.3, 0.4) is 0 Å². The molecule has 1 N–H and O–H groups in total. The number of sulfonamides is 1. The molecule has 22 heavy (non-hydrogen) atoms. The number of hydrogen-bond acceptors (Lipinski definition) is 2.